The van der Waals surface area contributed by atoms with Gasteiger partial charge in [0, 0.05) is 31.0 Å². The van der Waals surface area contributed by atoms with Gasteiger partial charge in [-0.1, -0.05) is 6.92 Å². The van der Waals surface area contributed by atoms with Crippen LogP contribution in [0.1, 0.15) is 52.7 Å². The molecule has 3 heteroatoms. The Labute approximate surface area is 117 Å². The van der Waals surface area contributed by atoms with Gasteiger partial charge < -0.3 is 5.32 Å². The zero-order valence-electron chi connectivity index (χ0n) is 13.2. The standard InChI is InChI=1S/C16H29N3/c1-15(2,3)17-12-16(4,13-6-7-13)10-8-14-9-11-18-19(14)5/h9,11,13,17H,6-8,10,12H2,1-5H3. The van der Waals surface area contributed by atoms with Crippen LogP contribution >= 0.6 is 0 Å². The van der Waals surface area contributed by atoms with Crippen LogP contribution < -0.4 is 5.32 Å². The molecule has 1 N–H and O–H groups in total. The van der Waals surface area contributed by atoms with Crippen molar-refractivity contribution >= 4 is 0 Å². The molecule has 0 aliphatic heterocycles. The van der Waals surface area contributed by atoms with Crippen molar-refractivity contribution in [3.05, 3.63) is 18.0 Å². The fourth-order valence-corrected chi connectivity index (χ4v) is 2.74. The van der Waals surface area contributed by atoms with E-state index >= 15 is 0 Å². The first kappa shape index (κ1) is 14.6. The lowest BCUT2D eigenvalue weighted by atomic mass is 9.79. The van der Waals surface area contributed by atoms with Crippen LogP contribution in [0.5, 0.6) is 0 Å². The van der Waals surface area contributed by atoms with Gasteiger partial charge in [-0.15, -0.1) is 0 Å². The molecule has 1 aliphatic rings. The average molecular weight is 263 g/mol. The Balaban J connectivity index is 1.93. The molecular formula is C16H29N3. The van der Waals surface area contributed by atoms with Crippen LogP contribution in [0.25, 0.3) is 0 Å². The highest BCUT2D eigenvalue weighted by Gasteiger charge is 2.41. The van der Waals surface area contributed by atoms with Crippen molar-refractivity contribution < 1.29 is 0 Å². The van der Waals surface area contributed by atoms with Crippen molar-refractivity contribution in [1.82, 2.24) is 15.1 Å². The van der Waals surface area contributed by atoms with E-state index in [4.69, 9.17) is 0 Å². The summed E-state index contributed by atoms with van der Waals surface area (Å²) in [5.74, 6) is 0.913. The molecular weight excluding hydrogens is 234 g/mol. The monoisotopic (exact) mass is 263 g/mol. The minimum atomic E-state index is 0.211. The SMILES string of the molecule is Cn1nccc1CCC(C)(CNC(C)(C)C)C1CC1. The van der Waals surface area contributed by atoms with Crippen LogP contribution in [-0.2, 0) is 13.5 Å². The summed E-state index contributed by atoms with van der Waals surface area (Å²) < 4.78 is 2.00. The molecule has 1 unspecified atom stereocenters. The van der Waals surface area contributed by atoms with Crippen LogP contribution in [0.4, 0.5) is 0 Å². The number of aryl methyl sites for hydroxylation is 2. The van der Waals surface area contributed by atoms with E-state index in [2.05, 4.69) is 44.2 Å². The Hall–Kier alpha value is -0.830. The van der Waals surface area contributed by atoms with E-state index in [1.807, 2.05) is 17.9 Å². The molecule has 108 valence electrons. The maximum atomic E-state index is 4.26. The summed E-state index contributed by atoms with van der Waals surface area (Å²) in [5, 5.41) is 7.97. The number of aromatic nitrogens is 2. The highest BCUT2D eigenvalue weighted by molar-refractivity contribution is 5.03. The number of hydrogen-bond donors (Lipinski definition) is 1. The fraction of sp³-hybridized carbons (Fsp3) is 0.812. The summed E-state index contributed by atoms with van der Waals surface area (Å²) >= 11 is 0. The topological polar surface area (TPSA) is 29.9 Å². The van der Waals surface area contributed by atoms with E-state index in [-0.39, 0.29) is 5.54 Å². The number of hydrogen-bond acceptors (Lipinski definition) is 2. The van der Waals surface area contributed by atoms with Gasteiger partial charge in [-0.2, -0.15) is 5.10 Å². The van der Waals surface area contributed by atoms with Gasteiger partial charge in [0.25, 0.3) is 0 Å². The molecule has 1 atom stereocenters. The Kier molecular flexibility index (Phi) is 4.05. The minimum absolute atomic E-state index is 0.211. The summed E-state index contributed by atoms with van der Waals surface area (Å²) in [7, 11) is 2.04. The van der Waals surface area contributed by atoms with Crippen LogP contribution in [0.15, 0.2) is 12.3 Å². The summed E-state index contributed by atoms with van der Waals surface area (Å²) in [4.78, 5) is 0. The van der Waals surface area contributed by atoms with Crippen molar-refractivity contribution in [3.63, 3.8) is 0 Å². The van der Waals surface area contributed by atoms with Crippen molar-refractivity contribution in [1.29, 1.82) is 0 Å². The molecule has 0 spiro atoms. The zero-order chi connectivity index (χ0) is 14.1. The molecule has 0 amide bonds. The van der Waals surface area contributed by atoms with E-state index < -0.39 is 0 Å². The molecule has 0 aromatic carbocycles. The van der Waals surface area contributed by atoms with Gasteiger partial charge in [-0.3, -0.25) is 4.68 Å². The highest BCUT2D eigenvalue weighted by atomic mass is 15.2. The van der Waals surface area contributed by atoms with E-state index in [1.165, 1.54) is 25.0 Å². The number of rotatable bonds is 6. The lowest BCUT2D eigenvalue weighted by Crippen LogP contribution is -2.44. The molecule has 19 heavy (non-hydrogen) atoms. The van der Waals surface area contributed by atoms with E-state index in [1.54, 1.807) is 0 Å². The molecule has 1 heterocycles. The van der Waals surface area contributed by atoms with Gasteiger partial charge in [0.15, 0.2) is 0 Å². The van der Waals surface area contributed by atoms with Gasteiger partial charge in [0.2, 0.25) is 0 Å². The van der Waals surface area contributed by atoms with Crippen molar-refractivity contribution in [2.75, 3.05) is 6.54 Å². The van der Waals surface area contributed by atoms with Gasteiger partial charge in [0.05, 0.1) is 0 Å². The maximum absolute atomic E-state index is 4.26. The Bertz CT molecular complexity index is 412. The molecule has 1 aromatic rings. The van der Waals surface area contributed by atoms with Gasteiger partial charge in [-0.25, -0.2) is 0 Å². The van der Waals surface area contributed by atoms with Crippen LogP contribution in [-0.4, -0.2) is 21.9 Å². The molecule has 1 fully saturated rings. The third-order valence-electron chi connectivity index (χ3n) is 4.46. The normalized spacial score (nSPS) is 19.4. The summed E-state index contributed by atoms with van der Waals surface area (Å²) in [5.41, 5.74) is 1.99. The lowest BCUT2D eigenvalue weighted by Gasteiger charge is -2.34. The second-order valence-electron chi connectivity index (χ2n) is 7.48. The van der Waals surface area contributed by atoms with E-state index in [0.29, 0.717) is 5.41 Å². The minimum Gasteiger partial charge on any atom is -0.312 e. The second-order valence-corrected chi connectivity index (χ2v) is 7.48. The first-order valence-electron chi connectivity index (χ1n) is 7.52. The Morgan fingerprint density at radius 2 is 2.00 bits per heavy atom. The molecule has 0 radical (unpaired) electrons. The number of nitrogens with zero attached hydrogens (tertiary/aromatic N) is 2. The van der Waals surface area contributed by atoms with Crippen LogP contribution in [0, 0.1) is 11.3 Å². The fourth-order valence-electron chi connectivity index (χ4n) is 2.74. The number of nitrogens with one attached hydrogen (secondary N) is 1. The zero-order valence-corrected chi connectivity index (χ0v) is 13.2. The Morgan fingerprint density at radius 1 is 1.32 bits per heavy atom. The predicted octanol–water partition coefficient (Wildman–Crippen LogP) is 3.16. The molecule has 1 aliphatic carbocycles. The van der Waals surface area contributed by atoms with Crippen molar-refractivity contribution in [2.45, 2.75) is 58.9 Å². The maximum Gasteiger partial charge on any atom is 0.0492 e. The van der Waals surface area contributed by atoms with E-state index in [9.17, 15) is 0 Å². The first-order valence-corrected chi connectivity index (χ1v) is 7.52. The van der Waals surface area contributed by atoms with Crippen molar-refractivity contribution in [3.8, 4) is 0 Å². The molecule has 0 bridgehead atoms. The summed E-state index contributed by atoms with van der Waals surface area (Å²) in [6, 6.07) is 2.14. The average Bonchev–Trinajstić information content (AvgIpc) is 3.08. The summed E-state index contributed by atoms with van der Waals surface area (Å²) in [6.45, 7) is 10.3. The van der Waals surface area contributed by atoms with Crippen LogP contribution in [0.2, 0.25) is 0 Å². The quantitative estimate of drug-likeness (QED) is 0.854. The van der Waals surface area contributed by atoms with Gasteiger partial charge >= 0.3 is 0 Å². The van der Waals surface area contributed by atoms with Crippen LogP contribution in [0.3, 0.4) is 0 Å². The second kappa shape index (κ2) is 5.28. The highest BCUT2D eigenvalue weighted by Crippen LogP contribution is 2.47. The molecule has 1 aromatic heterocycles. The van der Waals surface area contributed by atoms with Crippen molar-refractivity contribution in [2.24, 2.45) is 18.4 Å². The summed E-state index contributed by atoms with van der Waals surface area (Å²) in [6.07, 6.45) is 7.11. The Morgan fingerprint density at radius 3 is 2.47 bits per heavy atom. The molecule has 2 rings (SSSR count). The smallest absolute Gasteiger partial charge is 0.0492 e. The molecule has 3 nitrogen and oxygen atoms in total. The first-order chi connectivity index (χ1) is 8.80. The third kappa shape index (κ3) is 4.07. The largest absolute Gasteiger partial charge is 0.312 e. The third-order valence-corrected chi connectivity index (χ3v) is 4.46. The molecule has 1 saturated carbocycles. The molecule has 0 saturated heterocycles. The predicted molar refractivity (Wildman–Crippen MR) is 80.1 cm³/mol. The van der Waals surface area contributed by atoms with Gasteiger partial charge in [0.1, 0.15) is 0 Å². The lowest BCUT2D eigenvalue weighted by molar-refractivity contribution is 0.211. The van der Waals surface area contributed by atoms with E-state index in [0.717, 1.165) is 18.9 Å². The van der Waals surface area contributed by atoms with Gasteiger partial charge in [-0.05, 0) is 63.9 Å².